The number of nitrogens with one attached hydrogen (secondary N) is 3. The van der Waals surface area contributed by atoms with E-state index in [0.717, 1.165) is 21.6 Å². The predicted molar refractivity (Wildman–Crippen MR) is 118 cm³/mol. The zero-order valence-electron chi connectivity index (χ0n) is 17.5. The summed E-state index contributed by atoms with van der Waals surface area (Å²) in [7, 11) is 0. The van der Waals surface area contributed by atoms with E-state index < -0.39 is 18.5 Å². The van der Waals surface area contributed by atoms with Crippen molar-refractivity contribution in [3.8, 4) is 0 Å². The Bertz CT molecular complexity index is 1040. The van der Waals surface area contributed by atoms with Crippen LogP contribution >= 0.6 is 11.8 Å². The van der Waals surface area contributed by atoms with E-state index >= 15 is 0 Å². The van der Waals surface area contributed by atoms with Gasteiger partial charge < -0.3 is 20.7 Å². The van der Waals surface area contributed by atoms with E-state index in [-0.39, 0.29) is 23.9 Å². The van der Waals surface area contributed by atoms with Gasteiger partial charge in [-0.05, 0) is 50.1 Å². The van der Waals surface area contributed by atoms with Crippen LogP contribution in [0, 0.1) is 20.8 Å². The molecule has 0 bridgehead atoms. The van der Waals surface area contributed by atoms with E-state index in [1.165, 1.54) is 17.8 Å². The molecular formula is C22H23N3O5S. The summed E-state index contributed by atoms with van der Waals surface area (Å²) in [5, 5.41) is 7.91. The number of hydrogen-bond acceptors (Lipinski definition) is 6. The summed E-state index contributed by atoms with van der Waals surface area (Å²) in [5.74, 6) is -1.48. The van der Waals surface area contributed by atoms with Gasteiger partial charge in [0.2, 0.25) is 11.8 Å². The average Bonchev–Trinajstić information content (AvgIpc) is 2.72. The maximum Gasteiger partial charge on any atom is 0.338 e. The third kappa shape index (κ3) is 5.85. The zero-order chi connectivity index (χ0) is 22.5. The lowest BCUT2D eigenvalue weighted by Crippen LogP contribution is -2.35. The van der Waals surface area contributed by atoms with E-state index in [2.05, 4.69) is 16.0 Å². The Kier molecular flexibility index (Phi) is 6.96. The second-order valence-corrected chi connectivity index (χ2v) is 8.24. The minimum absolute atomic E-state index is 0.142. The van der Waals surface area contributed by atoms with Crippen LogP contribution in [0.5, 0.6) is 0 Å². The average molecular weight is 442 g/mol. The minimum Gasteiger partial charge on any atom is -0.452 e. The van der Waals surface area contributed by atoms with Crippen molar-refractivity contribution in [2.24, 2.45) is 0 Å². The summed E-state index contributed by atoms with van der Waals surface area (Å²) in [6, 6.07) is 8.73. The molecule has 0 aliphatic carbocycles. The molecule has 1 heterocycles. The van der Waals surface area contributed by atoms with Crippen molar-refractivity contribution in [1.82, 2.24) is 5.32 Å². The lowest BCUT2D eigenvalue weighted by Gasteiger charge is -2.16. The highest BCUT2D eigenvalue weighted by Gasteiger charge is 2.18. The lowest BCUT2D eigenvalue weighted by molar-refractivity contribution is -0.126. The quantitative estimate of drug-likeness (QED) is 0.594. The van der Waals surface area contributed by atoms with Gasteiger partial charge in [0, 0.05) is 10.6 Å². The Morgan fingerprint density at radius 1 is 1.06 bits per heavy atom. The van der Waals surface area contributed by atoms with Crippen molar-refractivity contribution in [3.63, 3.8) is 0 Å². The maximum atomic E-state index is 12.2. The van der Waals surface area contributed by atoms with Gasteiger partial charge in [0.1, 0.15) is 0 Å². The molecule has 0 aromatic heterocycles. The number of esters is 1. The summed E-state index contributed by atoms with van der Waals surface area (Å²) < 4.78 is 5.01. The van der Waals surface area contributed by atoms with Gasteiger partial charge in [-0.15, -0.1) is 11.8 Å². The van der Waals surface area contributed by atoms with Crippen molar-refractivity contribution in [1.29, 1.82) is 0 Å². The molecule has 3 amide bonds. The molecule has 2 aromatic rings. The van der Waals surface area contributed by atoms with Gasteiger partial charge in [-0.1, -0.05) is 17.7 Å². The molecule has 3 N–H and O–H groups in total. The number of anilines is 2. The van der Waals surface area contributed by atoms with E-state index in [1.54, 1.807) is 12.1 Å². The van der Waals surface area contributed by atoms with Gasteiger partial charge in [-0.3, -0.25) is 14.4 Å². The fourth-order valence-electron chi connectivity index (χ4n) is 3.22. The molecular weight excluding hydrogens is 418 g/mol. The number of ether oxygens (including phenoxy) is 1. The Hall–Kier alpha value is -3.33. The van der Waals surface area contributed by atoms with Crippen molar-refractivity contribution < 1.29 is 23.9 Å². The van der Waals surface area contributed by atoms with E-state index in [9.17, 15) is 19.2 Å². The van der Waals surface area contributed by atoms with Gasteiger partial charge in [-0.25, -0.2) is 4.79 Å². The summed E-state index contributed by atoms with van der Waals surface area (Å²) in [6.07, 6.45) is 0. The molecule has 0 saturated carbocycles. The van der Waals surface area contributed by atoms with Crippen molar-refractivity contribution in [3.05, 3.63) is 52.6 Å². The topological polar surface area (TPSA) is 114 Å². The van der Waals surface area contributed by atoms with Gasteiger partial charge in [0.05, 0.1) is 23.5 Å². The van der Waals surface area contributed by atoms with Crippen molar-refractivity contribution >= 4 is 46.8 Å². The Labute approximate surface area is 184 Å². The monoisotopic (exact) mass is 441 g/mol. The third-order valence-corrected chi connectivity index (χ3v) is 5.64. The number of aryl methyl sites for hydroxylation is 3. The van der Waals surface area contributed by atoms with Crippen LogP contribution in [0.3, 0.4) is 0 Å². The number of carbonyl (C=O) groups is 4. The van der Waals surface area contributed by atoms with Gasteiger partial charge >= 0.3 is 5.97 Å². The number of carbonyl (C=O) groups excluding carboxylic acids is 4. The standard InChI is InChI=1S/C22H23N3O5S/c1-12-6-13(2)21(14(3)7-12)25-18(26)9-23-19(27)10-30-22(29)15-4-5-17-16(8-15)24-20(28)11-31-17/h4-8H,9-11H2,1-3H3,(H,23,27)(H,24,28)(H,25,26). The van der Waals surface area contributed by atoms with Gasteiger partial charge in [0.15, 0.2) is 6.61 Å². The molecule has 0 radical (unpaired) electrons. The van der Waals surface area contributed by atoms with Gasteiger partial charge in [-0.2, -0.15) is 0 Å². The highest BCUT2D eigenvalue weighted by Crippen LogP contribution is 2.32. The number of amides is 3. The first-order valence-corrected chi connectivity index (χ1v) is 10.6. The van der Waals surface area contributed by atoms with Crippen LogP contribution in [-0.2, 0) is 19.1 Å². The molecule has 0 atom stereocenters. The van der Waals surface area contributed by atoms with Crippen molar-refractivity contribution in [2.75, 3.05) is 29.5 Å². The van der Waals surface area contributed by atoms with Crippen LogP contribution in [0.4, 0.5) is 11.4 Å². The molecule has 0 fully saturated rings. The molecule has 1 aliphatic heterocycles. The molecule has 2 aromatic carbocycles. The summed E-state index contributed by atoms with van der Waals surface area (Å²) >= 11 is 1.38. The summed E-state index contributed by atoms with van der Waals surface area (Å²) in [5.41, 5.74) is 4.45. The first kappa shape index (κ1) is 22.4. The number of rotatable bonds is 6. The van der Waals surface area contributed by atoms with E-state index in [0.29, 0.717) is 17.1 Å². The zero-order valence-corrected chi connectivity index (χ0v) is 18.3. The Balaban J connectivity index is 1.47. The van der Waals surface area contributed by atoms with E-state index in [1.807, 2.05) is 32.9 Å². The summed E-state index contributed by atoms with van der Waals surface area (Å²) in [6.45, 7) is 5.02. The number of fused-ring (bicyclic) bond motifs is 1. The molecule has 1 aliphatic rings. The molecule has 9 heteroatoms. The largest absolute Gasteiger partial charge is 0.452 e. The van der Waals surface area contributed by atoms with Crippen LogP contribution < -0.4 is 16.0 Å². The fraction of sp³-hybridized carbons (Fsp3) is 0.273. The SMILES string of the molecule is Cc1cc(C)c(NC(=O)CNC(=O)COC(=O)c2ccc3c(c2)NC(=O)CS3)c(C)c1. The highest BCUT2D eigenvalue weighted by molar-refractivity contribution is 8.00. The molecule has 3 rings (SSSR count). The molecule has 8 nitrogen and oxygen atoms in total. The number of hydrogen-bond donors (Lipinski definition) is 3. The summed E-state index contributed by atoms with van der Waals surface area (Å²) in [4.78, 5) is 48.7. The smallest absolute Gasteiger partial charge is 0.338 e. The normalized spacial score (nSPS) is 12.4. The van der Waals surface area contributed by atoms with Crippen LogP contribution in [0.2, 0.25) is 0 Å². The van der Waals surface area contributed by atoms with Crippen molar-refractivity contribution in [2.45, 2.75) is 25.7 Å². The van der Waals surface area contributed by atoms with E-state index in [4.69, 9.17) is 4.74 Å². The predicted octanol–water partition coefficient (Wildman–Crippen LogP) is 2.57. The Morgan fingerprint density at radius 2 is 1.77 bits per heavy atom. The Morgan fingerprint density at radius 3 is 2.48 bits per heavy atom. The van der Waals surface area contributed by atoms with Gasteiger partial charge in [0.25, 0.3) is 5.91 Å². The number of benzene rings is 2. The van der Waals surface area contributed by atoms with Crippen LogP contribution in [-0.4, -0.2) is 42.6 Å². The molecule has 0 spiro atoms. The molecule has 162 valence electrons. The highest BCUT2D eigenvalue weighted by atomic mass is 32.2. The molecule has 31 heavy (non-hydrogen) atoms. The maximum absolute atomic E-state index is 12.2. The molecule has 0 unspecified atom stereocenters. The third-order valence-electron chi connectivity index (χ3n) is 4.57. The number of thioether (sulfide) groups is 1. The molecule has 0 saturated heterocycles. The minimum atomic E-state index is -0.696. The lowest BCUT2D eigenvalue weighted by atomic mass is 10.1. The van der Waals surface area contributed by atoms with Crippen LogP contribution in [0.1, 0.15) is 27.0 Å². The fourth-order valence-corrected chi connectivity index (χ4v) is 4.00. The first-order chi connectivity index (χ1) is 14.7. The second-order valence-electron chi connectivity index (χ2n) is 7.22. The van der Waals surface area contributed by atoms with Crippen LogP contribution in [0.15, 0.2) is 35.2 Å². The van der Waals surface area contributed by atoms with Crippen LogP contribution in [0.25, 0.3) is 0 Å². The second kappa shape index (κ2) is 9.65. The first-order valence-electron chi connectivity index (χ1n) is 9.61.